The largest absolute Gasteiger partial charge is 0.478 e. The molecule has 0 saturated carbocycles. The molecular weight excluding hydrogens is 204 g/mol. The van der Waals surface area contributed by atoms with Crippen LogP contribution >= 0.6 is 11.9 Å². The molecule has 1 aliphatic rings. The topological polar surface area (TPSA) is 61.8 Å². The lowest BCUT2D eigenvalue weighted by atomic mass is 10.2. The molecule has 0 atom stereocenters. The van der Waals surface area contributed by atoms with Crippen molar-refractivity contribution in [1.82, 2.24) is 4.58 Å². The first-order valence-electron chi connectivity index (χ1n) is 3.87. The van der Waals surface area contributed by atoms with Crippen molar-refractivity contribution in [2.45, 2.75) is 4.90 Å². The van der Waals surface area contributed by atoms with Gasteiger partial charge in [-0.2, -0.15) is 0 Å². The van der Waals surface area contributed by atoms with Crippen molar-refractivity contribution in [3.63, 3.8) is 0 Å². The van der Waals surface area contributed by atoms with Gasteiger partial charge in [0.25, 0.3) is 0 Å². The minimum Gasteiger partial charge on any atom is -0.478 e. The van der Waals surface area contributed by atoms with Gasteiger partial charge in [-0.3, -0.25) is 10.3 Å². The van der Waals surface area contributed by atoms with E-state index in [0.717, 1.165) is 5.69 Å². The zero-order valence-corrected chi connectivity index (χ0v) is 8.17. The average Bonchev–Trinajstić information content (AvgIpc) is 2.59. The van der Waals surface area contributed by atoms with E-state index in [1.807, 2.05) is 0 Å². The van der Waals surface area contributed by atoms with Crippen LogP contribution in [-0.4, -0.2) is 22.8 Å². The third kappa shape index (κ3) is 1.43. The summed E-state index contributed by atoms with van der Waals surface area (Å²) in [5.74, 6) is -0.936. The first-order valence-corrected chi connectivity index (χ1v) is 4.65. The molecule has 5 nitrogen and oxygen atoms in total. The number of hydrazine groups is 1. The minimum absolute atomic E-state index is 0.277. The van der Waals surface area contributed by atoms with Crippen LogP contribution in [0.4, 0.5) is 5.69 Å². The van der Waals surface area contributed by atoms with Gasteiger partial charge in [-0.25, -0.2) is 4.79 Å². The van der Waals surface area contributed by atoms with E-state index in [0.29, 0.717) is 4.90 Å². The molecule has 2 rings (SSSR count). The maximum Gasteiger partial charge on any atom is 0.336 e. The predicted octanol–water partition coefficient (Wildman–Crippen LogP) is 1.60. The number of aromatic carboxylic acids is 1. The number of hydrogen-bond acceptors (Lipinski definition) is 5. The Bertz CT molecular complexity index is 383. The first-order chi connectivity index (χ1) is 6.72. The molecule has 1 aromatic carbocycles. The van der Waals surface area contributed by atoms with Crippen LogP contribution in [0.1, 0.15) is 10.4 Å². The Labute approximate surface area is 84.7 Å². The maximum absolute atomic E-state index is 10.9. The number of fused-ring (bicyclic) bond motifs is 1. The van der Waals surface area contributed by atoms with Crippen LogP contribution in [0.3, 0.4) is 0 Å². The summed E-state index contributed by atoms with van der Waals surface area (Å²) in [4.78, 5) is 16.4. The Balaban J connectivity index is 2.41. The van der Waals surface area contributed by atoms with Crippen LogP contribution < -0.4 is 5.43 Å². The van der Waals surface area contributed by atoms with Crippen molar-refractivity contribution in [1.29, 1.82) is 0 Å². The predicted molar refractivity (Wildman–Crippen MR) is 51.7 cm³/mol. The molecule has 74 valence electrons. The molecule has 0 amide bonds. The van der Waals surface area contributed by atoms with Gasteiger partial charge in [-0.15, -0.1) is 0 Å². The van der Waals surface area contributed by atoms with E-state index in [1.165, 1.54) is 23.6 Å². The van der Waals surface area contributed by atoms with Crippen molar-refractivity contribution < 1.29 is 14.7 Å². The normalized spacial score (nSPS) is 14.9. The molecule has 6 heteroatoms. The molecule has 1 heterocycles. The second-order valence-electron chi connectivity index (χ2n) is 2.63. The fourth-order valence-electron chi connectivity index (χ4n) is 1.18. The Hall–Kier alpha value is -1.24. The van der Waals surface area contributed by atoms with Gasteiger partial charge in [0.1, 0.15) is 0 Å². The van der Waals surface area contributed by atoms with Gasteiger partial charge in [0.15, 0.2) is 0 Å². The number of carboxylic acid groups (broad SMARTS) is 1. The highest BCUT2D eigenvalue weighted by atomic mass is 32.2. The molecule has 1 aromatic rings. The molecule has 14 heavy (non-hydrogen) atoms. The molecule has 0 aromatic heterocycles. The summed E-state index contributed by atoms with van der Waals surface area (Å²) < 4.78 is 1.40. The van der Waals surface area contributed by atoms with Gasteiger partial charge in [-0.1, -0.05) is 6.07 Å². The van der Waals surface area contributed by atoms with Crippen LogP contribution in [0.5, 0.6) is 0 Å². The highest BCUT2D eigenvalue weighted by Gasteiger charge is 2.24. The van der Waals surface area contributed by atoms with Gasteiger partial charge in [-0.05, 0) is 16.7 Å². The summed E-state index contributed by atoms with van der Waals surface area (Å²) in [6.07, 6.45) is 0. The lowest BCUT2D eigenvalue weighted by Gasteiger charge is -2.08. The summed E-state index contributed by atoms with van der Waals surface area (Å²) in [5, 5.41) is 8.91. The number of benzene rings is 1. The van der Waals surface area contributed by atoms with Gasteiger partial charge in [0, 0.05) is 11.9 Å². The zero-order chi connectivity index (χ0) is 10.1. The molecule has 2 N–H and O–H groups in total. The van der Waals surface area contributed by atoms with Crippen molar-refractivity contribution in [2.24, 2.45) is 0 Å². The highest BCUT2D eigenvalue weighted by molar-refractivity contribution is 7.97. The fraction of sp³-hybridized carbons (Fsp3) is 0.125. The summed E-state index contributed by atoms with van der Waals surface area (Å²) in [6.45, 7) is 0. The molecule has 0 aliphatic carbocycles. The highest BCUT2D eigenvalue weighted by Crippen LogP contribution is 2.39. The fourth-order valence-corrected chi connectivity index (χ4v) is 2.03. The van der Waals surface area contributed by atoms with Gasteiger partial charge < -0.3 is 5.11 Å². The number of nitrogens with zero attached hydrogens (tertiary/aromatic N) is 1. The zero-order valence-electron chi connectivity index (χ0n) is 7.35. The lowest BCUT2D eigenvalue weighted by Crippen LogP contribution is -2.15. The maximum atomic E-state index is 10.9. The Morgan fingerprint density at radius 1 is 1.64 bits per heavy atom. The van der Waals surface area contributed by atoms with E-state index in [4.69, 9.17) is 9.94 Å². The summed E-state index contributed by atoms with van der Waals surface area (Å²) in [6, 6.07) is 5.05. The molecule has 0 bridgehead atoms. The second-order valence-corrected chi connectivity index (χ2v) is 3.55. The number of nitrogens with one attached hydrogen (secondary N) is 1. The van der Waals surface area contributed by atoms with E-state index in [9.17, 15) is 4.79 Å². The van der Waals surface area contributed by atoms with Gasteiger partial charge in [0.05, 0.1) is 23.3 Å². The quantitative estimate of drug-likeness (QED) is 0.726. The molecule has 0 saturated heterocycles. The third-order valence-corrected chi connectivity index (χ3v) is 2.83. The lowest BCUT2D eigenvalue weighted by molar-refractivity contribution is -0.0130. The van der Waals surface area contributed by atoms with Crippen LogP contribution in [0.25, 0.3) is 0 Å². The van der Waals surface area contributed by atoms with E-state index in [-0.39, 0.29) is 5.56 Å². The van der Waals surface area contributed by atoms with Crippen LogP contribution in [-0.2, 0) is 4.84 Å². The van der Waals surface area contributed by atoms with E-state index < -0.39 is 5.97 Å². The monoisotopic (exact) mass is 212 g/mol. The van der Waals surface area contributed by atoms with Crippen molar-refractivity contribution in [3.8, 4) is 0 Å². The average molecular weight is 212 g/mol. The number of anilines is 1. The third-order valence-electron chi connectivity index (χ3n) is 1.80. The van der Waals surface area contributed by atoms with E-state index in [1.54, 1.807) is 18.2 Å². The minimum atomic E-state index is -0.936. The molecule has 1 aliphatic heterocycles. The van der Waals surface area contributed by atoms with Crippen molar-refractivity contribution in [3.05, 3.63) is 23.8 Å². The molecule has 0 radical (unpaired) electrons. The summed E-state index contributed by atoms with van der Waals surface area (Å²) in [5.41, 5.74) is 3.91. The Morgan fingerprint density at radius 2 is 2.43 bits per heavy atom. The Kier molecular flexibility index (Phi) is 2.32. The van der Waals surface area contributed by atoms with Crippen molar-refractivity contribution >= 4 is 23.6 Å². The molecule has 0 spiro atoms. The summed E-state index contributed by atoms with van der Waals surface area (Å²) in [7, 11) is 1.51. The molecular formula is C8H8N2O3S. The smallest absolute Gasteiger partial charge is 0.336 e. The van der Waals surface area contributed by atoms with Gasteiger partial charge >= 0.3 is 5.97 Å². The molecule has 0 unspecified atom stereocenters. The molecule has 0 fully saturated rings. The SMILES string of the molecule is CON1Nc2cccc(C(=O)O)c2S1. The van der Waals surface area contributed by atoms with Crippen molar-refractivity contribution in [2.75, 3.05) is 12.5 Å². The number of carboxylic acids is 1. The van der Waals surface area contributed by atoms with E-state index in [2.05, 4.69) is 5.43 Å². The van der Waals surface area contributed by atoms with Crippen LogP contribution in [0, 0.1) is 0 Å². The summed E-state index contributed by atoms with van der Waals surface area (Å²) >= 11 is 1.21. The van der Waals surface area contributed by atoms with Crippen LogP contribution in [0.2, 0.25) is 0 Å². The second kappa shape index (κ2) is 3.49. The number of rotatable bonds is 2. The Morgan fingerprint density at radius 3 is 3.07 bits per heavy atom. The van der Waals surface area contributed by atoms with E-state index >= 15 is 0 Å². The first kappa shape index (κ1) is 9.32. The van der Waals surface area contributed by atoms with Gasteiger partial charge in [0.2, 0.25) is 0 Å². The van der Waals surface area contributed by atoms with Crippen LogP contribution in [0.15, 0.2) is 23.1 Å². The number of carbonyl (C=O) groups is 1. The standard InChI is InChI=1S/C8H8N2O3S/c1-13-10-9-6-4-2-3-5(8(11)12)7(6)14-10/h2-4,9H,1H3,(H,11,12). The number of hydrogen-bond donors (Lipinski definition) is 2.